The van der Waals surface area contributed by atoms with Gasteiger partial charge in [-0.1, -0.05) is 47.8 Å². The minimum atomic E-state index is -7.22. The minimum Gasteiger partial charge on any atom is -0.391 e. The monoisotopic (exact) mass is 1130 g/mol. The van der Waals surface area contributed by atoms with Gasteiger partial charge in [-0.2, -0.15) is 0 Å². The smallest absolute Gasteiger partial charge is 0.200 e. The molecule has 0 fully saturated rings. The summed E-state index contributed by atoms with van der Waals surface area (Å²) >= 11 is 10.5. The average molecular weight is 1130 g/mol. The average Bonchev–Trinajstić information content (AvgIpc) is 3.22. The molecule has 0 radical (unpaired) electrons. The molecule has 2 nitrogen and oxygen atoms in total. The lowest BCUT2D eigenvalue weighted by Gasteiger charge is -2.44. The van der Waals surface area contributed by atoms with Gasteiger partial charge in [0, 0.05) is 19.0 Å². The van der Waals surface area contributed by atoms with Crippen LogP contribution in [0.15, 0.2) is 25.6 Å². The minimum absolute atomic E-state index is 0.0220. The first-order valence-corrected chi connectivity index (χ1v) is 20.1. The Morgan fingerprint density at radius 2 is 0.548 bits per heavy atom. The van der Waals surface area contributed by atoms with Gasteiger partial charge in [0.1, 0.15) is 69.9 Å². The van der Waals surface area contributed by atoms with Crippen LogP contribution in [-0.2, 0) is 16.6 Å². The zero-order valence-electron chi connectivity index (χ0n) is 29.3. The van der Waals surface area contributed by atoms with Crippen molar-refractivity contribution in [2.75, 3.05) is 24.7 Å². The summed E-state index contributed by atoms with van der Waals surface area (Å²) in [6, 6.07) is 4.03. The van der Waals surface area contributed by atoms with Gasteiger partial charge in [0.15, 0.2) is 69.8 Å². The fourth-order valence-corrected chi connectivity index (χ4v) is 10.9. The third-order valence-corrected chi connectivity index (χ3v) is 13.0. The largest absolute Gasteiger partial charge is 0.391 e. The number of rotatable bonds is 10. The van der Waals surface area contributed by atoms with E-state index in [4.69, 9.17) is 10.2 Å². The summed E-state index contributed by atoms with van der Waals surface area (Å²) in [5.41, 5.74) is -13.1. The van der Waals surface area contributed by atoms with Crippen molar-refractivity contribution in [3.8, 4) is 0 Å². The third-order valence-electron chi connectivity index (χ3n) is 8.92. The first-order valence-electron chi connectivity index (χ1n) is 16.0. The molecule has 0 aliphatic heterocycles. The summed E-state index contributed by atoms with van der Waals surface area (Å²) in [6.07, 6.45) is -7.22. The van der Waals surface area contributed by atoms with E-state index < -0.39 is 144 Å². The van der Waals surface area contributed by atoms with Gasteiger partial charge in [-0.05, 0) is 23.0 Å². The second kappa shape index (κ2) is 19.7. The lowest BCUT2D eigenvalue weighted by Crippen LogP contribution is -2.81. The predicted molar refractivity (Wildman–Crippen MR) is 194 cm³/mol. The zero-order chi connectivity index (χ0) is 47.2. The molecule has 0 unspecified atom stereocenters. The lowest BCUT2D eigenvalue weighted by atomic mass is 9.12. The van der Waals surface area contributed by atoms with Crippen LogP contribution in [0.2, 0.25) is 0 Å². The molecule has 0 aliphatic carbocycles. The highest BCUT2D eigenvalue weighted by molar-refractivity contribution is 9.11. The van der Waals surface area contributed by atoms with Crippen LogP contribution < -0.4 is 21.9 Å². The first-order chi connectivity index (χ1) is 28.8. The summed E-state index contributed by atoms with van der Waals surface area (Å²) in [7, 11) is 0.0220. The predicted octanol–water partition coefficient (Wildman–Crippen LogP) is 8.92. The van der Waals surface area contributed by atoms with Gasteiger partial charge >= 0.3 is 0 Å². The Bertz CT molecular complexity index is 2190. The maximum absolute atomic E-state index is 15.4. The maximum atomic E-state index is 15.4. The molecule has 0 bridgehead atoms. The molecule has 0 saturated heterocycles. The zero-order valence-corrected chi connectivity index (χ0v) is 34.8. The van der Waals surface area contributed by atoms with Gasteiger partial charge in [-0.3, -0.25) is 0 Å². The Kier molecular flexibility index (Phi) is 16.2. The van der Waals surface area contributed by atoms with E-state index in [-0.39, 0.29) is 24.1 Å². The molecule has 0 amide bonds. The molecule has 0 aliphatic rings. The molecule has 0 atom stereocenters. The van der Waals surface area contributed by atoms with Gasteiger partial charge in [-0.25, -0.2) is 87.8 Å². The molecule has 0 saturated carbocycles. The van der Waals surface area contributed by atoms with Crippen molar-refractivity contribution in [1.29, 1.82) is 0 Å². The normalized spacial score (nSPS) is 11.8. The molecular weight excluding hydrogens is 1110 g/mol. The second-order valence-electron chi connectivity index (χ2n) is 12.3. The van der Waals surface area contributed by atoms with Crippen molar-refractivity contribution in [3.63, 3.8) is 0 Å². The lowest BCUT2D eigenvalue weighted by molar-refractivity contribution is 0.316. The SMILES string of the molecule is Fc1c(F)c(F)c([B-](c2c(F)c(F)c(F)c(F)c2F)(c2c(F)c(F)c(F)c(F)c2F)c2c(F)c(F)c(F)c(F)c2F)c(F)c1F.OCC[S+](CCO)Cc1c(Br)cc(Br)cc1Br. The highest BCUT2D eigenvalue weighted by Crippen LogP contribution is 2.33. The highest BCUT2D eigenvalue weighted by atomic mass is 79.9. The molecule has 0 aromatic heterocycles. The molecule has 0 spiro atoms. The van der Waals surface area contributed by atoms with E-state index in [9.17, 15) is 52.7 Å². The Morgan fingerprint density at radius 1 is 0.355 bits per heavy atom. The van der Waals surface area contributed by atoms with Crippen LogP contribution in [0.3, 0.4) is 0 Å². The van der Waals surface area contributed by atoms with E-state index in [1.807, 2.05) is 12.1 Å². The van der Waals surface area contributed by atoms with Crippen LogP contribution in [0.4, 0.5) is 87.8 Å². The molecule has 27 heteroatoms. The van der Waals surface area contributed by atoms with Gasteiger partial charge in [0.2, 0.25) is 0 Å². The quantitative estimate of drug-likeness (QED) is 0.0483. The maximum Gasteiger partial charge on any atom is 0.200 e. The van der Waals surface area contributed by atoms with E-state index in [1.165, 1.54) is 5.56 Å². The first kappa shape index (κ1) is 51.1. The molecule has 62 heavy (non-hydrogen) atoms. The summed E-state index contributed by atoms with van der Waals surface area (Å²) in [5.74, 6) is -69.0. The topological polar surface area (TPSA) is 40.5 Å². The summed E-state index contributed by atoms with van der Waals surface area (Å²) in [6.45, 7) is 0.351. The third kappa shape index (κ3) is 8.56. The van der Waals surface area contributed by atoms with Crippen molar-refractivity contribution in [2.45, 2.75) is 5.75 Å². The van der Waals surface area contributed by atoms with Gasteiger partial charge < -0.3 is 10.2 Å². The van der Waals surface area contributed by atoms with Gasteiger partial charge in [-0.15, -0.1) is 21.9 Å². The summed E-state index contributed by atoms with van der Waals surface area (Å²) < 4.78 is 297. The van der Waals surface area contributed by atoms with Crippen molar-refractivity contribution < 1.29 is 98.0 Å². The van der Waals surface area contributed by atoms with Crippen molar-refractivity contribution in [3.05, 3.63) is 147 Å². The molecule has 336 valence electrons. The van der Waals surface area contributed by atoms with Gasteiger partial charge in [0.05, 0.1) is 13.2 Å². The number of benzene rings is 5. The Morgan fingerprint density at radius 3 is 0.742 bits per heavy atom. The standard InChI is InChI=1S/C24BF20.C11H14Br3O2S/c26-5-1(6(27)14(35)21(42)13(5)34)25(2-7(28)15(36)22(43)16(37)8(2)29,3-9(30)17(38)23(44)18(39)10(3)31)4-11(32)19(40)24(45)20(41)12(4)33;12-8-5-10(13)9(11(14)6-8)7-17(3-1-15)4-2-16/h;5-6,15-16H,1-4,7H2/q-1;+1. The Hall–Kier alpha value is -3.53. The van der Waals surface area contributed by atoms with E-state index >= 15 is 35.1 Å². The number of aliphatic hydroxyl groups is 2. The van der Waals surface area contributed by atoms with Crippen molar-refractivity contribution in [2.24, 2.45) is 0 Å². The summed E-state index contributed by atoms with van der Waals surface area (Å²) in [5, 5.41) is 18.0. The Labute approximate surface area is 361 Å². The second-order valence-corrected chi connectivity index (χ2v) is 17.2. The van der Waals surface area contributed by atoms with Crippen LogP contribution in [-0.4, -0.2) is 41.1 Å². The van der Waals surface area contributed by atoms with E-state index in [2.05, 4.69) is 47.8 Å². The van der Waals surface area contributed by atoms with E-state index in [0.717, 1.165) is 30.7 Å². The van der Waals surface area contributed by atoms with Crippen LogP contribution in [0.25, 0.3) is 0 Å². The highest BCUT2D eigenvalue weighted by Gasteiger charge is 2.52. The van der Waals surface area contributed by atoms with E-state index in [0.29, 0.717) is 0 Å². The number of halogens is 23. The van der Waals surface area contributed by atoms with E-state index in [1.54, 1.807) is 0 Å². The van der Waals surface area contributed by atoms with Crippen LogP contribution in [0.5, 0.6) is 0 Å². The molecule has 0 heterocycles. The van der Waals surface area contributed by atoms with Gasteiger partial charge in [0.25, 0.3) is 0 Å². The molecule has 5 rings (SSSR count). The van der Waals surface area contributed by atoms with Crippen LogP contribution in [0, 0.1) is 116 Å². The molecule has 2 N–H and O–H groups in total. The van der Waals surface area contributed by atoms with Crippen molar-refractivity contribution in [1.82, 2.24) is 0 Å². The summed E-state index contributed by atoms with van der Waals surface area (Å²) in [4.78, 5) is 0. The number of hydrogen-bond donors (Lipinski definition) is 2. The molecular formula is C35H14BBr3F20O2S. The van der Waals surface area contributed by atoms with Crippen LogP contribution in [0.1, 0.15) is 5.56 Å². The Balaban J connectivity index is 0.000000416. The molecule has 5 aromatic rings. The molecule has 5 aromatic carbocycles. The fourth-order valence-electron chi connectivity index (χ4n) is 6.29. The van der Waals surface area contributed by atoms with Crippen molar-refractivity contribution >= 4 is 86.7 Å². The number of hydrogen-bond acceptors (Lipinski definition) is 2. The number of aliphatic hydroxyl groups excluding tert-OH is 2. The van der Waals surface area contributed by atoms with Crippen LogP contribution >= 0.6 is 47.8 Å². The fraction of sp³-hybridized carbons (Fsp3) is 0.143.